The van der Waals surface area contributed by atoms with Gasteiger partial charge in [0.2, 0.25) is 0 Å². The molecule has 1 heterocycles. The Morgan fingerprint density at radius 2 is 1.76 bits per heavy atom. The van der Waals surface area contributed by atoms with Crippen molar-refractivity contribution < 1.29 is 4.79 Å². The van der Waals surface area contributed by atoms with Crippen molar-refractivity contribution in [3.63, 3.8) is 0 Å². The Morgan fingerprint density at radius 1 is 1.12 bits per heavy atom. The first-order chi connectivity index (χ1) is 12.2. The van der Waals surface area contributed by atoms with Crippen LogP contribution in [0.3, 0.4) is 0 Å². The lowest BCUT2D eigenvalue weighted by atomic mass is 10.1. The summed E-state index contributed by atoms with van der Waals surface area (Å²) in [4.78, 5) is 15.0. The average Bonchev–Trinajstić information content (AvgIpc) is 2.91. The van der Waals surface area contributed by atoms with Gasteiger partial charge in [-0.15, -0.1) is 0 Å². The van der Waals surface area contributed by atoms with E-state index in [9.17, 15) is 4.79 Å². The SMILES string of the molecule is CC[C@H](NCN1C(=O)/C(=C/c2ccccc2)SC1=S)c1ccccc1. The Balaban J connectivity index is 1.68. The van der Waals surface area contributed by atoms with Gasteiger partial charge in [0.25, 0.3) is 5.91 Å². The first-order valence-corrected chi connectivity index (χ1v) is 9.50. The Hall–Kier alpha value is -1.95. The summed E-state index contributed by atoms with van der Waals surface area (Å²) in [5.74, 6) is -0.0331. The number of thiocarbonyl (C=S) groups is 1. The molecular formula is C20H20N2OS2. The number of thioether (sulfide) groups is 1. The van der Waals surface area contributed by atoms with Crippen LogP contribution < -0.4 is 5.32 Å². The van der Waals surface area contributed by atoms with Crippen LogP contribution in [0.25, 0.3) is 6.08 Å². The molecule has 3 rings (SSSR count). The fourth-order valence-corrected chi connectivity index (χ4v) is 3.98. The molecule has 1 N–H and O–H groups in total. The smallest absolute Gasteiger partial charge is 0.267 e. The number of hydrogen-bond donors (Lipinski definition) is 1. The number of carbonyl (C=O) groups excluding carboxylic acids is 1. The molecule has 0 unspecified atom stereocenters. The lowest BCUT2D eigenvalue weighted by Gasteiger charge is -2.22. The highest BCUT2D eigenvalue weighted by atomic mass is 32.2. The van der Waals surface area contributed by atoms with Crippen LogP contribution in [0.4, 0.5) is 0 Å². The molecule has 0 aromatic heterocycles. The van der Waals surface area contributed by atoms with Gasteiger partial charge >= 0.3 is 0 Å². The molecule has 1 saturated heterocycles. The summed E-state index contributed by atoms with van der Waals surface area (Å²) in [6.07, 6.45) is 2.84. The van der Waals surface area contributed by atoms with Crippen molar-refractivity contribution in [3.8, 4) is 0 Å². The molecule has 3 nitrogen and oxygen atoms in total. The highest BCUT2D eigenvalue weighted by molar-refractivity contribution is 8.26. The van der Waals surface area contributed by atoms with Gasteiger partial charge in [0.15, 0.2) is 0 Å². The van der Waals surface area contributed by atoms with Crippen LogP contribution in [-0.4, -0.2) is 21.8 Å². The van der Waals surface area contributed by atoms with Gasteiger partial charge in [-0.3, -0.25) is 15.0 Å². The summed E-state index contributed by atoms with van der Waals surface area (Å²) in [7, 11) is 0. The van der Waals surface area contributed by atoms with Gasteiger partial charge in [-0.1, -0.05) is 91.6 Å². The van der Waals surface area contributed by atoms with Crippen LogP contribution >= 0.6 is 24.0 Å². The molecule has 2 aromatic carbocycles. The molecule has 0 radical (unpaired) electrons. The minimum atomic E-state index is -0.0331. The summed E-state index contributed by atoms with van der Waals surface area (Å²) >= 11 is 6.76. The van der Waals surface area contributed by atoms with E-state index in [0.29, 0.717) is 15.9 Å². The molecule has 0 aliphatic carbocycles. The number of benzene rings is 2. The molecule has 2 aromatic rings. The maximum absolute atomic E-state index is 12.7. The van der Waals surface area contributed by atoms with Crippen molar-refractivity contribution in [1.82, 2.24) is 10.2 Å². The molecule has 0 bridgehead atoms. The Bertz CT molecular complexity index is 775. The number of rotatable bonds is 6. The predicted octanol–water partition coefficient (Wildman–Crippen LogP) is 4.59. The van der Waals surface area contributed by atoms with Gasteiger partial charge < -0.3 is 0 Å². The third-order valence-electron chi connectivity index (χ3n) is 4.08. The third kappa shape index (κ3) is 4.37. The van der Waals surface area contributed by atoms with Gasteiger partial charge in [-0.25, -0.2) is 0 Å². The predicted molar refractivity (Wildman–Crippen MR) is 109 cm³/mol. The summed E-state index contributed by atoms with van der Waals surface area (Å²) < 4.78 is 0.600. The van der Waals surface area contributed by atoms with Crippen LogP contribution in [-0.2, 0) is 4.79 Å². The van der Waals surface area contributed by atoms with E-state index >= 15 is 0 Å². The van der Waals surface area contributed by atoms with Crippen LogP contribution in [0, 0.1) is 0 Å². The zero-order valence-electron chi connectivity index (χ0n) is 14.0. The van der Waals surface area contributed by atoms with Crippen LogP contribution in [0.15, 0.2) is 65.6 Å². The molecule has 25 heavy (non-hydrogen) atoms. The van der Waals surface area contributed by atoms with E-state index in [2.05, 4.69) is 24.4 Å². The topological polar surface area (TPSA) is 32.3 Å². The highest BCUT2D eigenvalue weighted by Crippen LogP contribution is 2.32. The summed E-state index contributed by atoms with van der Waals surface area (Å²) in [6, 6.07) is 20.3. The number of nitrogens with zero attached hydrogens (tertiary/aromatic N) is 1. The second-order valence-electron chi connectivity index (χ2n) is 5.75. The van der Waals surface area contributed by atoms with Crippen LogP contribution in [0.2, 0.25) is 0 Å². The molecular weight excluding hydrogens is 348 g/mol. The first kappa shape index (κ1) is 17.9. The largest absolute Gasteiger partial charge is 0.293 e. The number of nitrogens with one attached hydrogen (secondary N) is 1. The van der Waals surface area contributed by atoms with Crippen LogP contribution in [0.5, 0.6) is 0 Å². The number of amides is 1. The van der Waals surface area contributed by atoms with E-state index in [4.69, 9.17) is 12.2 Å². The van der Waals surface area contributed by atoms with E-state index in [0.717, 1.165) is 12.0 Å². The number of hydrogen-bond acceptors (Lipinski definition) is 4. The van der Waals surface area contributed by atoms with Crippen molar-refractivity contribution in [2.24, 2.45) is 0 Å². The van der Waals surface area contributed by atoms with E-state index in [1.165, 1.54) is 17.3 Å². The minimum Gasteiger partial charge on any atom is -0.293 e. The molecule has 1 aliphatic rings. The highest BCUT2D eigenvalue weighted by Gasteiger charge is 2.32. The fraction of sp³-hybridized carbons (Fsp3) is 0.200. The second kappa shape index (κ2) is 8.43. The second-order valence-corrected chi connectivity index (χ2v) is 7.43. The Labute approximate surface area is 158 Å². The first-order valence-electron chi connectivity index (χ1n) is 8.27. The molecule has 1 fully saturated rings. The normalized spacial score (nSPS) is 17.3. The molecule has 5 heteroatoms. The van der Waals surface area contributed by atoms with Gasteiger partial charge in [0.1, 0.15) is 4.32 Å². The van der Waals surface area contributed by atoms with E-state index < -0.39 is 0 Å². The zero-order valence-corrected chi connectivity index (χ0v) is 15.6. The van der Waals surface area contributed by atoms with Crippen molar-refractivity contribution in [3.05, 3.63) is 76.7 Å². The molecule has 0 saturated carbocycles. The standard InChI is InChI=1S/C20H20N2OS2/c1-2-17(16-11-7-4-8-12-16)21-14-22-19(23)18(25-20(22)24)13-15-9-5-3-6-10-15/h3-13,17,21H,2,14H2,1H3/b18-13-/t17-/m0/s1. The summed E-state index contributed by atoms with van der Waals surface area (Å²) in [5, 5.41) is 3.45. The maximum Gasteiger partial charge on any atom is 0.267 e. The Morgan fingerprint density at radius 3 is 2.40 bits per heavy atom. The Kier molecular flexibility index (Phi) is 6.02. The molecule has 128 valence electrons. The molecule has 1 aliphatic heterocycles. The van der Waals surface area contributed by atoms with Crippen LogP contribution in [0.1, 0.15) is 30.5 Å². The number of carbonyl (C=O) groups is 1. The van der Waals surface area contributed by atoms with E-state index in [-0.39, 0.29) is 11.9 Å². The summed E-state index contributed by atoms with van der Waals surface area (Å²) in [6.45, 7) is 2.55. The monoisotopic (exact) mass is 368 g/mol. The van der Waals surface area contributed by atoms with Gasteiger partial charge in [-0.05, 0) is 23.6 Å². The van der Waals surface area contributed by atoms with Crippen molar-refractivity contribution in [1.29, 1.82) is 0 Å². The average molecular weight is 369 g/mol. The maximum atomic E-state index is 12.7. The van der Waals surface area contributed by atoms with Crippen molar-refractivity contribution in [2.75, 3.05) is 6.67 Å². The van der Waals surface area contributed by atoms with Gasteiger partial charge in [0.05, 0.1) is 11.6 Å². The molecule has 0 spiro atoms. The van der Waals surface area contributed by atoms with Crippen molar-refractivity contribution >= 4 is 40.3 Å². The molecule has 1 atom stereocenters. The minimum absolute atomic E-state index is 0.0331. The lowest BCUT2D eigenvalue weighted by Crippen LogP contribution is -2.38. The van der Waals surface area contributed by atoms with Gasteiger partial charge in [0, 0.05) is 6.04 Å². The van der Waals surface area contributed by atoms with E-state index in [1.807, 2.05) is 54.6 Å². The van der Waals surface area contributed by atoms with Gasteiger partial charge in [-0.2, -0.15) is 0 Å². The third-order valence-corrected chi connectivity index (χ3v) is 5.45. The zero-order chi connectivity index (χ0) is 17.6. The lowest BCUT2D eigenvalue weighted by molar-refractivity contribution is -0.122. The quantitative estimate of drug-likeness (QED) is 0.597. The summed E-state index contributed by atoms with van der Waals surface area (Å²) in [5.41, 5.74) is 2.22. The fourth-order valence-electron chi connectivity index (χ4n) is 2.72. The van der Waals surface area contributed by atoms with Crippen molar-refractivity contribution in [2.45, 2.75) is 19.4 Å². The van der Waals surface area contributed by atoms with E-state index in [1.54, 1.807) is 4.90 Å². The molecule has 1 amide bonds.